The lowest BCUT2D eigenvalue weighted by Gasteiger charge is -2.25. The van der Waals surface area contributed by atoms with Crippen molar-refractivity contribution in [1.82, 2.24) is 0 Å². The first-order chi connectivity index (χ1) is 19.3. The molecule has 3 heteroatoms. The number of hydrogen-bond donors (Lipinski definition) is 1. The zero-order valence-electron chi connectivity index (χ0n) is 21.3. The van der Waals surface area contributed by atoms with Crippen LogP contribution in [0.2, 0.25) is 0 Å². The summed E-state index contributed by atoms with van der Waals surface area (Å²) in [6.45, 7) is 0. The van der Waals surface area contributed by atoms with E-state index in [2.05, 4.69) is 156 Å². The standard InChI is InChI=1S/C36H26N2S/c1-4-10-26(11-5-1)27-16-19-31(20-17-27)38(30-14-8-3-9-15-30)32-21-23-35-34(25-32)33-22-18-29(24-36(33)39-35)37-28-12-6-2-7-13-28/h1-25,37H. The molecular weight excluding hydrogens is 492 g/mol. The van der Waals surface area contributed by atoms with E-state index in [0.29, 0.717) is 0 Å². The molecule has 0 radical (unpaired) electrons. The number of nitrogens with zero attached hydrogens (tertiary/aromatic N) is 1. The van der Waals surface area contributed by atoms with Crippen LogP contribution >= 0.6 is 11.3 Å². The van der Waals surface area contributed by atoms with E-state index in [9.17, 15) is 0 Å². The lowest BCUT2D eigenvalue weighted by molar-refractivity contribution is 1.29. The molecule has 0 spiro atoms. The molecule has 39 heavy (non-hydrogen) atoms. The summed E-state index contributed by atoms with van der Waals surface area (Å²) in [5, 5.41) is 6.09. The maximum atomic E-state index is 3.53. The van der Waals surface area contributed by atoms with Crippen LogP contribution in [0, 0.1) is 0 Å². The number of fused-ring (bicyclic) bond motifs is 3. The predicted molar refractivity (Wildman–Crippen MR) is 169 cm³/mol. The molecular formula is C36H26N2S. The summed E-state index contributed by atoms with van der Waals surface area (Å²) in [5.41, 5.74) is 8.05. The summed E-state index contributed by atoms with van der Waals surface area (Å²) in [5.74, 6) is 0. The summed E-state index contributed by atoms with van der Waals surface area (Å²) >= 11 is 1.84. The molecule has 1 aromatic heterocycles. The van der Waals surface area contributed by atoms with Crippen LogP contribution in [-0.4, -0.2) is 0 Å². The van der Waals surface area contributed by atoms with E-state index in [-0.39, 0.29) is 0 Å². The van der Waals surface area contributed by atoms with Gasteiger partial charge in [0.25, 0.3) is 0 Å². The molecule has 0 aliphatic rings. The minimum Gasteiger partial charge on any atom is -0.355 e. The molecule has 0 aliphatic heterocycles. The summed E-state index contributed by atoms with van der Waals surface area (Å²) < 4.78 is 2.57. The zero-order chi connectivity index (χ0) is 26.0. The number of nitrogens with one attached hydrogen (secondary N) is 1. The van der Waals surface area contributed by atoms with Crippen molar-refractivity contribution in [2.45, 2.75) is 0 Å². The third-order valence-electron chi connectivity index (χ3n) is 7.02. The second kappa shape index (κ2) is 10.1. The van der Waals surface area contributed by atoms with Crippen molar-refractivity contribution in [2.75, 3.05) is 10.2 Å². The predicted octanol–water partition coefficient (Wildman–Crippen LogP) is 10.9. The van der Waals surface area contributed by atoms with E-state index in [1.165, 1.54) is 31.3 Å². The quantitative estimate of drug-likeness (QED) is 0.235. The number of thiophene rings is 1. The molecule has 1 heterocycles. The Hall–Kier alpha value is -4.86. The van der Waals surface area contributed by atoms with Crippen LogP contribution in [-0.2, 0) is 0 Å². The largest absolute Gasteiger partial charge is 0.355 e. The number of benzene rings is 6. The Morgan fingerprint density at radius 3 is 1.77 bits per heavy atom. The van der Waals surface area contributed by atoms with Crippen molar-refractivity contribution in [3.63, 3.8) is 0 Å². The van der Waals surface area contributed by atoms with Gasteiger partial charge >= 0.3 is 0 Å². The summed E-state index contributed by atoms with van der Waals surface area (Å²) in [6, 6.07) is 53.8. The molecule has 0 amide bonds. The normalized spacial score (nSPS) is 11.1. The van der Waals surface area contributed by atoms with Crippen LogP contribution in [0.5, 0.6) is 0 Å². The molecule has 7 aromatic rings. The second-order valence-corrected chi connectivity index (χ2v) is 10.7. The van der Waals surface area contributed by atoms with Gasteiger partial charge in [0.2, 0.25) is 0 Å². The topological polar surface area (TPSA) is 15.3 Å². The third kappa shape index (κ3) is 4.65. The van der Waals surface area contributed by atoms with E-state index in [1.807, 2.05) is 17.4 Å². The lowest BCUT2D eigenvalue weighted by Crippen LogP contribution is -2.09. The fraction of sp³-hybridized carbons (Fsp3) is 0. The average molecular weight is 519 g/mol. The van der Waals surface area contributed by atoms with Gasteiger partial charge in [0.05, 0.1) is 0 Å². The van der Waals surface area contributed by atoms with E-state index in [1.54, 1.807) is 0 Å². The van der Waals surface area contributed by atoms with Gasteiger partial charge in [-0.25, -0.2) is 0 Å². The van der Waals surface area contributed by atoms with Crippen molar-refractivity contribution >= 4 is 59.9 Å². The fourth-order valence-corrected chi connectivity index (χ4v) is 6.25. The Morgan fingerprint density at radius 2 is 1.03 bits per heavy atom. The minimum absolute atomic E-state index is 1.09. The Labute approximate surface area is 232 Å². The highest BCUT2D eigenvalue weighted by atomic mass is 32.1. The maximum absolute atomic E-state index is 3.53. The zero-order valence-corrected chi connectivity index (χ0v) is 22.1. The summed E-state index contributed by atoms with van der Waals surface area (Å²) in [7, 11) is 0. The van der Waals surface area contributed by atoms with Gasteiger partial charge < -0.3 is 10.2 Å². The third-order valence-corrected chi connectivity index (χ3v) is 8.16. The lowest BCUT2D eigenvalue weighted by atomic mass is 10.0. The smallest absolute Gasteiger partial charge is 0.0468 e. The van der Waals surface area contributed by atoms with Crippen LogP contribution in [0.25, 0.3) is 31.3 Å². The van der Waals surface area contributed by atoms with Crippen LogP contribution in [0.3, 0.4) is 0 Å². The molecule has 1 N–H and O–H groups in total. The highest BCUT2D eigenvalue weighted by Gasteiger charge is 2.15. The van der Waals surface area contributed by atoms with Crippen molar-refractivity contribution in [1.29, 1.82) is 0 Å². The van der Waals surface area contributed by atoms with E-state index in [0.717, 1.165) is 28.4 Å². The Bertz CT molecular complexity index is 1860. The molecule has 7 rings (SSSR count). The molecule has 0 aliphatic carbocycles. The number of anilines is 5. The summed E-state index contributed by atoms with van der Waals surface area (Å²) in [6.07, 6.45) is 0. The molecule has 6 aromatic carbocycles. The molecule has 0 saturated heterocycles. The first-order valence-electron chi connectivity index (χ1n) is 13.1. The van der Waals surface area contributed by atoms with Crippen LogP contribution < -0.4 is 10.2 Å². The van der Waals surface area contributed by atoms with E-state index < -0.39 is 0 Å². The average Bonchev–Trinajstić information content (AvgIpc) is 3.36. The maximum Gasteiger partial charge on any atom is 0.0468 e. The molecule has 0 atom stereocenters. The number of hydrogen-bond acceptors (Lipinski definition) is 3. The van der Waals surface area contributed by atoms with E-state index >= 15 is 0 Å². The Morgan fingerprint density at radius 1 is 0.410 bits per heavy atom. The molecule has 0 bridgehead atoms. The van der Waals surface area contributed by atoms with Crippen molar-refractivity contribution < 1.29 is 0 Å². The van der Waals surface area contributed by atoms with Gasteiger partial charge in [0.15, 0.2) is 0 Å². The molecule has 186 valence electrons. The van der Waals surface area contributed by atoms with Gasteiger partial charge in [0, 0.05) is 48.6 Å². The molecule has 2 nitrogen and oxygen atoms in total. The highest BCUT2D eigenvalue weighted by Crippen LogP contribution is 2.41. The minimum atomic E-state index is 1.09. The fourth-order valence-electron chi connectivity index (χ4n) is 5.13. The number of rotatable bonds is 6. The van der Waals surface area contributed by atoms with Crippen LogP contribution in [0.4, 0.5) is 28.4 Å². The molecule has 0 saturated carbocycles. The number of para-hydroxylation sites is 2. The van der Waals surface area contributed by atoms with Crippen LogP contribution in [0.1, 0.15) is 0 Å². The first-order valence-corrected chi connectivity index (χ1v) is 13.9. The van der Waals surface area contributed by atoms with Gasteiger partial charge in [-0.15, -0.1) is 11.3 Å². The van der Waals surface area contributed by atoms with Crippen molar-refractivity contribution in [2.24, 2.45) is 0 Å². The SMILES string of the molecule is c1ccc(Nc2ccc3c(c2)sc2ccc(N(c4ccccc4)c4ccc(-c5ccccc5)cc4)cc23)cc1. The summed E-state index contributed by atoms with van der Waals surface area (Å²) in [4.78, 5) is 2.34. The highest BCUT2D eigenvalue weighted by molar-refractivity contribution is 7.25. The van der Waals surface area contributed by atoms with Gasteiger partial charge in [-0.1, -0.05) is 84.9 Å². The van der Waals surface area contributed by atoms with Gasteiger partial charge in [-0.2, -0.15) is 0 Å². The van der Waals surface area contributed by atoms with Crippen molar-refractivity contribution in [3.05, 3.63) is 152 Å². The molecule has 0 unspecified atom stereocenters. The second-order valence-electron chi connectivity index (χ2n) is 9.57. The Balaban J connectivity index is 1.29. The van der Waals surface area contributed by atoms with E-state index in [4.69, 9.17) is 0 Å². The first kappa shape index (κ1) is 23.3. The molecule has 0 fully saturated rings. The van der Waals surface area contributed by atoms with Crippen molar-refractivity contribution in [3.8, 4) is 11.1 Å². The Kier molecular flexibility index (Phi) is 6.04. The van der Waals surface area contributed by atoms with Gasteiger partial charge in [-0.3, -0.25) is 0 Å². The monoisotopic (exact) mass is 518 g/mol. The van der Waals surface area contributed by atoms with Gasteiger partial charge in [-0.05, 0) is 77.9 Å². The van der Waals surface area contributed by atoms with Gasteiger partial charge in [0.1, 0.15) is 0 Å². The van der Waals surface area contributed by atoms with Crippen LogP contribution in [0.15, 0.2) is 152 Å².